The summed E-state index contributed by atoms with van der Waals surface area (Å²) in [5, 5.41) is 3.25. The largest absolute Gasteiger partial charge is 0.353 e. The zero-order valence-corrected chi connectivity index (χ0v) is 12.8. The van der Waals surface area contributed by atoms with Gasteiger partial charge in [-0.2, -0.15) is 0 Å². The lowest BCUT2D eigenvalue weighted by Gasteiger charge is -2.29. The Morgan fingerprint density at radius 1 is 1.40 bits per heavy atom. The van der Waals surface area contributed by atoms with Crippen LogP contribution in [0.5, 0.6) is 0 Å². The number of rotatable bonds is 4. The van der Waals surface area contributed by atoms with Crippen molar-refractivity contribution >= 4 is 18.3 Å². The minimum atomic E-state index is -0.306. The first-order valence-electron chi connectivity index (χ1n) is 7.52. The van der Waals surface area contributed by atoms with Crippen molar-refractivity contribution in [3.05, 3.63) is 18.2 Å². The van der Waals surface area contributed by atoms with Crippen LogP contribution in [0.1, 0.15) is 57.6 Å². The van der Waals surface area contributed by atoms with Crippen LogP contribution in [0, 0.1) is 5.92 Å². The molecule has 0 bridgehead atoms. The van der Waals surface area contributed by atoms with Gasteiger partial charge in [-0.3, -0.25) is 4.79 Å². The van der Waals surface area contributed by atoms with Crippen LogP contribution in [0.25, 0.3) is 0 Å². The Morgan fingerprint density at radius 3 is 2.65 bits per heavy atom. The predicted octanol–water partition coefficient (Wildman–Crippen LogP) is 2.95. The standard InChI is InChI=1S/C15H23N3O.ClH/c1-11(12-5-3-2-4-6-12)18-14(19)15(7-8-15)13-9-16-10-17-13;/h9-12H,2-8H2,1H3,(H,16,17)(H,18,19);1H/t11-;/m1./s1. The number of amides is 1. The number of aromatic nitrogens is 2. The highest BCUT2D eigenvalue weighted by Gasteiger charge is 2.52. The van der Waals surface area contributed by atoms with Gasteiger partial charge in [0.2, 0.25) is 5.91 Å². The molecule has 4 nitrogen and oxygen atoms in total. The Balaban J connectivity index is 0.00000147. The lowest BCUT2D eigenvalue weighted by molar-refractivity contribution is -0.124. The van der Waals surface area contributed by atoms with Crippen molar-refractivity contribution in [3.8, 4) is 0 Å². The highest BCUT2D eigenvalue weighted by atomic mass is 35.5. The van der Waals surface area contributed by atoms with Gasteiger partial charge in [0.1, 0.15) is 0 Å². The van der Waals surface area contributed by atoms with E-state index in [1.807, 2.05) is 0 Å². The molecule has 1 atom stereocenters. The summed E-state index contributed by atoms with van der Waals surface area (Å²) in [6.07, 6.45) is 11.8. The Labute approximate surface area is 126 Å². The third kappa shape index (κ3) is 2.85. The Hall–Kier alpha value is -1.03. The maximum atomic E-state index is 12.5. The van der Waals surface area contributed by atoms with Crippen LogP contribution in [0.3, 0.4) is 0 Å². The summed E-state index contributed by atoms with van der Waals surface area (Å²) in [5.74, 6) is 0.852. The third-order valence-corrected chi connectivity index (χ3v) is 4.91. The lowest BCUT2D eigenvalue weighted by atomic mass is 9.84. The maximum Gasteiger partial charge on any atom is 0.232 e. The number of imidazole rings is 1. The Morgan fingerprint density at radius 2 is 2.10 bits per heavy atom. The van der Waals surface area contributed by atoms with Crippen molar-refractivity contribution < 1.29 is 4.79 Å². The van der Waals surface area contributed by atoms with Gasteiger partial charge in [-0.1, -0.05) is 19.3 Å². The molecule has 2 fully saturated rings. The van der Waals surface area contributed by atoms with E-state index in [0.29, 0.717) is 12.0 Å². The van der Waals surface area contributed by atoms with Crippen molar-refractivity contribution in [2.24, 2.45) is 5.92 Å². The molecule has 5 heteroatoms. The molecule has 0 aliphatic heterocycles. The predicted molar refractivity (Wildman–Crippen MR) is 80.9 cm³/mol. The summed E-state index contributed by atoms with van der Waals surface area (Å²) in [5.41, 5.74) is 0.667. The second kappa shape index (κ2) is 6.17. The van der Waals surface area contributed by atoms with Crippen LogP contribution in [-0.2, 0) is 10.2 Å². The summed E-state index contributed by atoms with van der Waals surface area (Å²) >= 11 is 0. The molecule has 0 spiro atoms. The fourth-order valence-corrected chi connectivity index (χ4v) is 3.36. The number of carbonyl (C=O) groups is 1. The highest BCUT2D eigenvalue weighted by molar-refractivity contribution is 5.90. The average molecular weight is 298 g/mol. The van der Waals surface area contributed by atoms with Gasteiger partial charge in [0.25, 0.3) is 0 Å². The van der Waals surface area contributed by atoms with Crippen LogP contribution in [0.4, 0.5) is 0 Å². The first-order valence-corrected chi connectivity index (χ1v) is 7.52. The molecule has 2 aliphatic rings. The first kappa shape index (κ1) is 15.4. The molecule has 112 valence electrons. The van der Waals surface area contributed by atoms with E-state index in [0.717, 1.165) is 18.5 Å². The first-order chi connectivity index (χ1) is 9.22. The molecule has 1 amide bonds. The van der Waals surface area contributed by atoms with Crippen LogP contribution in [0.2, 0.25) is 0 Å². The molecule has 0 unspecified atom stereocenters. The number of carbonyl (C=O) groups excluding carboxylic acids is 1. The number of halogens is 1. The number of hydrogen-bond acceptors (Lipinski definition) is 2. The van der Waals surface area contributed by atoms with E-state index >= 15 is 0 Å². The van der Waals surface area contributed by atoms with Gasteiger partial charge < -0.3 is 10.3 Å². The van der Waals surface area contributed by atoms with Crippen molar-refractivity contribution in [2.75, 3.05) is 0 Å². The van der Waals surface area contributed by atoms with Crippen LogP contribution >= 0.6 is 12.4 Å². The van der Waals surface area contributed by atoms with E-state index in [-0.39, 0.29) is 23.7 Å². The summed E-state index contributed by atoms with van der Waals surface area (Å²) in [4.78, 5) is 19.7. The number of nitrogens with zero attached hydrogens (tertiary/aromatic N) is 1. The van der Waals surface area contributed by atoms with Gasteiger partial charge in [0, 0.05) is 12.2 Å². The number of nitrogens with one attached hydrogen (secondary N) is 2. The average Bonchev–Trinajstić information content (AvgIpc) is 3.07. The Bertz CT molecular complexity index is 436. The quantitative estimate of drug-likeness (QED) is 0.898. The smallest absolute Gasteiger partial charge is 0.232 e. The van der Waals surface area contributed by atoms with E-state index in [4.69, 9.17) is 0 Å². The van der Waals surface area contributed by atoms with E-state index in [2.05, 4.69) is 22.2 Å². The van der Waals surface area contributed by atoms with Crippen molar-refractivity contribution in [2.45, 2.75) is 63.3 Å². The van der Waals surface area contributed by atoms with Gasteiger partial charge in [0.15, 0.2) is 0 Å². The van der Waals surface area contributed by atoms with E-state index in [1.54, 1.807) is 12.5 Å². The molecular formula is C15H24ClN3O. The number of hydrogen-bond donors (Lipinski definition) is 2. The normalized spacial score (nSPS) is 22.6. The molecule has 20 heavy (non-hydrogen) atoms. The van der Waals surface area contributed by atoms with Gasteiger partial charge in [-0.05, 0) is 38.5 Å². The van der Waals surface area contributed by atoms with Crippen molar-refractivity contribution in [3.63, 3.8) is 0 Å². The number of aromatic amines is 1. The third-order valence-electron chi connectivity index (χ3n) is 4.91. The molecule has 2 saturated carbocycles. The van der Waals surface area contributed by atoms with E-state index < -0.39 is 0 Å². The molecule has 1 heterocycles. The summed E-state index contributed by atoms with van der Waals surface area (Å²) in [6, 6.07) is 0.299. The Kier molecular flexibility index (Phi) is 4.74. The summed E-state index contributed by atoms with van der Waals surface area (Å²) in [7, 11) is 0. The lowest BCUT2D eigenvalue weighted by Crippen LogP contribution is -2.44. The van der Waals surface area contributed by atoms with Gasteiger partial charge in [-0.25, -0.2) is 4.98 Å². The van der Waals surface area contributed by atoms with Crippen LogP contribution in [0.15, 0.2) is 12.5 Å². The van der Waals surface area contributed by atoms with Crippen molar-refractivity contribution in [1.29, 1.82) is 0 Å². The SMILES string of the molecule is C[C@@H](NC(=O)C1(c2cnc[nH]2)CC1)C1CCCCC1.Cl. The van der Waals surface area contributed by atoms with E-state index in [1.165, 1.54) is 32.1 Å². The summed E-state index contributed by atoms with van der Waals surface area (Å²) < 4.78 is 0. The maximum absolute atomic E-state index is 12.5. The van der Waals surface area contributed by atoms with Crippen molar-refractivity contribution in [1.82, 2.24) is 15.3 Å². The molecule has 0 aromatic carbocycles. The second-order valence-electron chi connectivity index (χ2n) is 6.21. The summed E-state index contributed by atoms with van der Waals surface area (Å²) in [6.45, 7) is 2.16. The zero-order chi connectivity index (χ0) is 13.3. The van der Waals surface area contributed by atoms with Crippen LogP contribution < -0.4 is 5.32 Å². The zero-order valence-electron chi connectivity index (χ0n) is 12.0. The minimum absolute atomic E-state index is 0. The molecule has 0 radical (unpaired) electrons. The number of H-pyrrole nitrogens is 1. The minimum Gasteiger partial charge on any atom is -0.353 e. The second-order valence-corrected chi connectivity index (χ2v) is 6.21. The fraction of sp³-hybridized carbons (Fsp3) is 0.733. The topological polar surface area (TPSA) is 57.8 Å². The molecule has 1 aromatic rings. The van der Waals surface area contributed by atoms with Crippen LogP contribution in [-0.4, -0.2) is 21.9 Å². The molecule has 0 saturated heterocycles. The van der Waals surface area contributed by atoms with Gasteiger partial charge in [0.05, 0.1) is 17.4 Å². The monoisotopic (exact) mass is 297 g/mol. The molecule has 2 N–H and O–H groups in total. The fourth-order valence-electron chi connectivity index (χ4n) is 3.36. The molecule has 2 aliphatic carbocycles. The molecule has 1 aromatic heterocycles. The molecular weight excluding hydrogens is 274 g/mol. The van der Waals surface area contributed by atoms with Gasteiger partial charge >= 0.3 is 0 Å². The van der Waals surface area contributed by atoms with Gasteiger partial charge in [-0.15, -0.1) is 12.4 Å². The molecule has 3 rings (SSSR count). The van der Waals surface area contributed by atoms with E-state index in [9.17, 15) is 4.79 Å². The highest BCUT2D eigenvalue weighted by Crippen LogP contribution is 2.47.